The Hall–Kier alpha value is -1.80. The molecule has 0 saturated carbocycles. The molecule has 0 saturated heterocycles. The first-order valence-corrected chi connectivity index (χ1v) is 5.69. The molecule has 0 aliphatic heterocycles. The molecular formula is C15H17NO. The van der Waals surface area contributed by atoms with E-state index in [4.69, 9.17) is 5.73 Å². The van der Waals surface area contributed by atoms with Crippen molar-refractivity contribution in [3.63, 3.8) is 0 Å². The molecule has 0 heterocycles. The predicted octanol–water partition coefficient (Wildman–Crippen LogP) is 2.97. The minimum Gasteiger partial charge on any atom is -0.398 e. The molecule has 2 heteroatoms. The van der Waals surface area contributed by atoms with Gasteiger partial charge in [0.05, 0.1) is 0 Å². The first kappa shape index (κ1) is 11.7. The molecule has 17 heavy (non-hydrogen) atoms. The van der Waals surface area contributed by atoms with E-state index in [9.17, 15) is 5.11 Å². The zero-order valence-electron chi connectivity index (χ0n) is 10.1. The molecule has 0 amide bonds. The van der Waals surface area contributed by atoms with Crippen LogP contribution in [0.15, 0.2) is 42.5 Å². The molecule has 0 radical (unpaired) electrons. The minimum absolute atomic E-state index is 0.623. The fourth-order valence-corrected chi connectivity index (χ4v) is 1.87. The Kier molecular flexibility index (Phi) is 3.16. The highest BCUT2D eigenvalue weighted by atomic mass is 16.3. The van der Waals surface area contributed by atoms with Gasteiger partial charge < -0.3 is 10.8 Å². The van der Waals surface area contributed by atoms with E-state index >= 15 is 0 Å². The van der Waals surface area contributed by atoms with E-state index < -0.39 is 6.10 Å². The first-order chi connectivity index (χ1) is 8.09. The Labute approximate surface area is 102 Å². The van der Waals surface area contributed by atoms with Gasteiger partial charge in [-0.2, -0.15) is 0 Å². The van der Waals surface area contributed by atoms with E-state index in [0.717, 1.165) is 11.1 Å². The molecule has 0 aliphatic rings. The van der Waals surface area contributed by atoms with Crippen molar-refractivity contribution in [3.05, 3.63) is 64.7 Å². The average Bonchev–Trinajstić information content (AvgIpc) is 2.32. The molecule has 0 aromatic heterocycles. The minimum atomic E-state index is -0.657. The zero-order chi connectivity index (χ0) is 12.4. The molecule has 1 atom stereocenters. The summed E-state index contributed by atoms with van der Waals surface area (Å²) in [6.07, 6.45) is -0.657. The lowest BCUT2D eigenvalue weighted by Crippen LogP contribution is -2.04. The second-order valence-corrected chi connectivity index (χ2v) is 4.38. The average molecular weight is 227 g/mol. The molecule has 2 aromatic rings. The van der Waals surface area contributed by atoms with Crippen LogP contribution in [0.4, 0.5) is 5.69 Å². The number of para-hydroxylation sites is 1. The van der Waals surface area contributed by atoms with Crippen molar-refractivity contribution in [2.45, 2.75) is 20.0 Å². The number of nitrogens with two attached hydrogens (primary N) is 1. The summed E-state index contributed by atoms with van der Waals surface area (Å²) in [5, 5.41) is 10.3. The van der Waals surface area contributed by atoms with Gasteiger partial charge in [0.25, 0.3) is 0 Å². The molecular weight excluding hydrogens is 210 g/mol. The Morgan fingerprint density at radius 2 is 1.71 bits per heavy atom. The van der Waals surface area contributed by atoms with Gasteiger partial charge in [0, 0.05) is 11.3 Å². The summed E-state index contributed by atoms with van der Waals surface area (Å²) < 4.78 is 0. The molecule has 2 rings (SSSR count). The monoisotopic (exact) mass is 227 g/mol. The Morgan fingerprint density at radius 1 is 1.00 bits per heavy atom. The van der Waals surface area contributed by atoms with Crippen molar-refractivity contribution < 1.29 is 5.11 Å². The molecule has 1 unspecified atom stereocenters. The van der Waals surface area contributed by atoms with Crippen LogP contribution < -0.4 is 5.73 Å². The Balaban J connectivity index is 2.40. The van der Waals surface area contributed by atoms with Crippen LogP contribution in [0.5, 0.6) is 0 Å². The number of aryl methyl sites for hydroxylation is 2. The molecule has 0 bridgehead atoms. The van der Waals surface area contributed by atoms with Crippen LogP contribution >= 0.6 is 0 Å². The van der Waals surface area contributed by atoms with Crippen LogP contribution in [0.25, 0.3) is 0 Å². The standard InChI is InChI=1S/C15H17NO/c1-10-7-8-12(9-11(10)2)15(17)13-5-3-4-6-14(13)16/h3-9,15,17H,16H2,1-2H3. The van der Waals surface area contributed by atoms with Crippen LogP contribution in [0, 0.1) is 13.8 Å². The Morgan fingerprint density at radius 3 is 2.35 bits per heavy atom. The largest absolute Gasteiger partial charge is 0.398 e. The number of aliphatic hydroxyl groups is 1. The molecule has 3 N–H and O–H groups in total. The lowest BCUT2D eigenvalue weighted by Gasteiger charge is -2.15. The van der Waals surface area contributed by atoms with Crippen LogP contribution in [-0.4, -0.2) is 5.11 Å². The summed E-state index contributed by atoms with van der Waals surface area (Å²) >= 11 is 0. The molecule has 0 spiro atoms. The van der Waals surface area contributed by atoms with E-state index in [0.29, 0.717) is 5.69 Å². The maximum Gasteiger partial charge on any atom is 0.106 e. The number of rotatable bonds is 2. The van der Waals surface area contributed by atoms with Crippen molar-refractivity contribution in [2.75, 3.05) is 5.73 Å². The topological polar surface area (TPSA) is 46.2 Å². The van der Waals surface area contributed by atoms with Crippen molar-refractivity contribution in [1.29, 1.82) is 0 Å². The van der Waals surface area contributed by atoms with Gasteiger partial charge in [0.1, 0.15) is 6.10 Å². The second kappa shape index (κ2) is 4.60. The fraction of sp³-hybridized carbons (Fsp3) is 0.200. The first-order valence-electron chi connectivity index (χ1n) is 5.69. The van der Waals surface area contributed by atoms with Gasteiger partial charge >= 0.3 is 0 Å². The summed E-state index contributed by atoms with van der Waals surface area (Å²) in [5.74, 6) is 0. The molecule has 2 aromatic carbocycles. The molecule has 0 aliphatic carbocycles. The second-order valence-electron chi connectivity index (χ2n) is 4.38. The third kappa shape index (κ3) is 2.32. The van der Waals surface area contributed by atoms with Gasteiger partial charge in [-0.05, 0) is 36.6 Å². The van der Waals surface area contributed by atoms with Gasteiger partial charge in [-0.3, -0.25) is 0 Å². The highest BCUT2D eigenvalue weighted by molar-refractivity contribution is 5.50. The lowest BCUT2D eigenvalue weighted by molar-refractivity contribution is 0.221. The Bertz CT molecular complexity index is 534. The van der Waals surface area contributed by atoms with E-state index in [2.05, 4.69) is 6.92 Å². The smallest absolute Gasteiger partial charge is 0.106 e. The third-order valence-corrected chi connectivity index (χ3v) is 3.14. The van der Waals surface area contributed by atoms with Crippen LogP contribution in [0.1, 0.15) is 28.4 Å². The van der Waals surface area contributed by atoms with Crippen molar-refractivity contribution in [1.82, 2.24) is 0 Å². The maximum absolute atomic E-state index is 10.3. The SMILES string of the molecule is Cc1ccc(C(O)c2ccccc2N)cc1C. The van der Waals surface area contributed by atoms with Crippen LogP contribution in [0.2, 0.25) is 0 Å². The summed E-state index contributed by atoms with van der Waals surface area (Å²) in [7, 11) is 0. The summed E-state index contributed by atoms with van der Waals surface area (Å²) in [6.45, 7) is 4.10. The molecule has 0 fully saturated rings. The predicted molar refractivity (Wildman–Crippen MR) is 70.8 cm³/mol. The summed E-state index contributed by atoms with van der Waals surface area (Å²) in [6, 6.07) is 13.4. The van der Waals surface area contributed by atoms with E-state index in [-0.39, 0.29) is 0 Å². The van der Waals surface area contributed by atoms with Crippen LogP contribution in [0.3, 0.4) is 0 Å². The fourth-order valence-electron chi connectivity index (χ4n) is 1.87. The van der Waals surface area contributed by atoms with Crippen LogP contribution in [-0.2, 0) is 0 Å². The number of anilines is 1. The number of hydrogen-bond acceptors (Lipinski definition) is 2. The summed E-state index contributed by atoms with van der Waals surface area (Å²) in [5.41, 5.74) is 10.5. The summed E-state index contributed by atoms with van der Waals surface area (Å²) in [4.78, 5) is 0. The lowest BCUT2D eigenvalue weighted by atomic mass is 9.97. The van der Waals surface area contributed by atoms with Gasteiger partial charge in [-0.15, -0.1) is 0 Å². The zero-order valence-corrected chi connectivity index (χ0v) is 10.1. The van der Waals surface area contributed by atoms with Crippen molar-refractivity contribution >= 4 is 5.69 Å². The highest BCUT2D eigenvalue weighted by Gasteiger charge is 2.13. The normalized spacial score (nSPS) is 12.4. The molecule has 2 nitrogen and oxygen atoms in total. The van der Waals surface area contributed by atoms with Crippen molar-refractivity contribution in [3.8, 4) is 0 Å². The molecule has 88 valence electrons. The van der Waals surface area contributed by atoms with Crippen molar-refractivity contribution in [2.24, 2.45) is 0 Å². The van der Waals surface area contributed by atoms with E-state index in [1.165, 1.54) is 11.1 Å². The quantitative estimate of drug-likeness (QED) is 0.775. The van der Waals surface area contributed by atoms with E-state index in [1.54, 1.807) is 6.07 Å². The highest BCUT2D eigenvalue weighted by Crippen LogP contribution is 2.27. The number of nitrogen functional groups attached to an aromatic ring is 1. The maximum atomic E-state index is 10.3. The number of hydrogen-bond donors (Lipinski definition) is 2. The van der Waals surface area contributed by atoms with Gasteiger partial charge in [0.2, 0.25) is 0 Å². The number of aliphatic hydroxyl groups excluding tert-OH is 1. The van der Waals surface area contributed by atoms with E-state index in [1.807, 2.05) is 43.3 Å². The van der Waals surface area contributed by atoms with Gasteiger partial charge in [0.15, 0.2) is 0 Å². The van der Waals surface area contributed by atoms with Gasteiger partial charge in [-0.1, -0.05) is 36.4 Å². The number of benzene rings is 2. The third-order valence-electron chi connectivity index (χ3n) is 3.14. The van der Waals surface area contributed by atoms with Gasteiger partial charge in [-0.25, -0.2) is 0 Å².